The maximum atomic E-state index is 12.5. The van der Waals surface area contributed by atoms with Gasteiger partial charge in [0, 0.05) is 44.9 Å². The number of para-hydroxylation sites is 2. The van der Waals surface area contributed by atoms with Crippen LogP contribution in [0.15, 0.2) is 24.3 Å². The lowest BCUT2D eigenvalue weighted by Gasteiger charge is -2.33. The summed E-state index contributed by atoms with van der Waals surface area (Å²) in [6.07, 6.45) is 4.60. The zero-order valence-corrected chi connectivity index (χ0v) is 18.4. The minimum absolute atomic E-state index is 0.0690. The van der Waals surface area contributed by atoms with Crippen LogP contribution in [0.3, 0.4) is 0 Å². The second-order valence-corrected chi connectivity index (χ2v) is 7.96. The van der Waals surface area contributed by atoms with E-state index in [1.165, 1.54) is 0 Å². The first-order valence-corrected chi connectivity index (χ1v) is 11.2. The van der Waals surface area contributed by atoms with Crippen LogP contribution >= 0.6 is 0 Å². The van der Waals surface area contributed by atoms with Gasteiger partial charge in [0.2, 0.25) is 17.7 Å². The van der Waals surface area contributed by atoms with Crippen molar-refractivity contribution >= 4 is 29.1 Å². The Morgan fingerprint density at radius 1 is 1.07 bits per heavy atom. The highest BCUT2D eigenvalue weighted by Gasteiger charge is 2.24. The van der Waals surface area contributed by atoms with Gasteiger partial charge in [-0.15, -0.1) is 0 Å². The van der Waals surface area contributed by atoms with Gasteiger partial charge in [-0.1, -0.05) is 26.0 Å². The van der Waals surface area contributed by atoms with E-state index in [1.807, 2.05) is 29.2 Å². The molecule has 7 nitrogen and oxygen atoms in total. The van der Waals surface area contributed by atoms with Gasteiger partial charge in [0.1, 0.15) is 0 Å². The standard InChI is InChI=1S/C23H36N4O3/c1-3-14-27(15-4-2)22(29)11-7-10-21(28)25-19-8-5-6-9-20(19)26-16-12-18(13-17-26)23(24)30/h5-6,8-9,18H,3-4,7,10-17H2,1-2H3,(H2,24,30)(H,25,28). The largest absolute Gasteiger partial charge is 0.370 e. The molecule has 166 valence electrons. The SMILES string of the molecule is CCCN(CCC)C(=O)CCCC(=O)Nc1ccccc1N1CCC(C(N)=O)CC1. The zero-order valence-electron chi connectivity index (χ0n) is 18.4. The van der Waals surface area contributed by atoms with E-state index < -0.39 is 0 Å². The van der Waals surface area contributed by atoms with Crippen LogP contribution in [0.25, 0.3) is 0 Å². The molecule has 30 heavy (non-hydrogen) atoms. The van der Waals surface area contributed by atoms with E-state index in [-0.39, 0.29) is 23.6 Å². The first-order chi connectivity index (χ1) is 14.5. The second kappa shape index (κ2) is 12.2. The van der Waals surface area contributed by atoms with Crippen molar-refractivity contribution in [2.24, 2.45) is 11.7 Å². The topological polar surface area (TPSA) is 95.7 Å². The van der Waals surface area contributed by atoms with Gasteiger partial charge in [-0.05, 0) is 44.2 Å². The molecule has 3 N–H and O–H groups in total. The first kappa shape index (κ1) is 23.7. The van der Waals surface area contributed by atoms with E-state index in [9.17, 15) is 14.4 Å². The van der Waals surface area contributed by atoms with Crippen LogP contribution in [0.1, 0.15) is 58.8 Å². The first-order valence-electron chi connectivity index (χ1n) is 11.2. The molecule has 0 saturated carbocycles. The number of hydrogen-bond acceptors (Lipinski definition) is 4. The molecule has 1 fully saturated rings. The Morgan fingerprint density at radius 3 is 2.30 bits per heavy atom. The van der Waals surface area contributed by atoms with Crippen LogP contribution in [0.4, 0.5) is 11.4 Å². The fraction of sp³-hybridized carbons (Fsp3) is 0.609. The van der Waals surface area contributed by atoms with Gasteiger partial charge in [-0.25, -0.2) is 0 Å². The van der Waals surface area contributed by atoms with Crippen LogP contribution in [0.2, 0.25) is 0 Å². The molecule has 0 spiro atoms. The molecule has 7 heteroatoms. The summed E-state index contributed by atoms with van der Waals surface area (Å²) < 4.78 is 0. The van der Waals surface area contributed by atoms with Crippen LogP contribution in [0.5, 0.6) is 0 Å². The van der Waals surface area contributed by atoms with Gasteiger partial charge in [-0.2, -0.15) is 0 Å². The van der Waals surface area contributed by atoms with Gasteiger partial charge < -0.3 is 20.9 Å². The number of anilines is 2. The molecule has 0 unspecified atom stereocenters. The minimum atomic E-state index is -0.234. The summed E-state index contributed by atoms with van der Waals surface area (Å²) in [6.45, 7) is 7.16. The lowest BCUT2D eigenvalue weighted by molar-refractivity contribution is -0.131. The van der Waals surface area contributed by atoms with Crippen molar-refractivity contribution in [2.75, 3.05) is 36.4 Å². The van der Waals surface area contributed by atoms with E-state index in [2.05, 4.69) is 24.1 Å². The summed E-state index contributed by atoms with van der Waals surface area (Å²) in [7, 11) is 0. The van der Waals surface area contributed by atoms with E-state index in [1.54, 1.807) is 0 Å². The summed E-state index contributed by atoms with van der Waals surface area (Å²) in [4.78, 5) is 40.3. The molecule has 1 aliphatic heterocycles. The van der Waals surface area contributed by atoms with Gasteiger partial charge in [0.15, 0.2) is 0 Å². The Kier molecular flexibility index (Phi) is 9.64. The quantitative estimate of drug-likeness (QED) is 0.579. The van der Waals surface area contributed by atoms with Gasteiger partial charge in [-0.3, -0.25) is 14.4 Å². The maximum absolute atomic E-state index is 12.5. The molecular weight excluding hydrogens is 380 g/mol. The summed E-state index contributed by atoms with van der Waals surface area (Å²) in [6, 6.07) is 7.71. The third-order valence-electron chi connectivity index (χ3n) is 5.55. The molecule has 0 radical (unpaired) electrons. The number of primary amides is 1. The van der Waals surface area contributed by atoms with Crippen molar-refractivity contribution in [1.82, 2.24) is 4.90 Å². The summed E-state index contributed by atoms with van der Waals surface area (Å²) in [5, 5.41) is 3.00. The third-order valence-corrected chi connectivity index (χ3v) is 5.55. The normalized spacial score (nSPS) is 14.4. The predicted molar refractivity (Wildman–Crippen MR) is 120 cm³/mol. The van der Waals surface area contributed by atoms with Crippen LogP contribution in [-0.4, -0.2) is 48.8 Å². The number of carbonyl (C=O) groups is 3. The van der Waals surface area contributed by atoms with E-state index in [4.69, 9.17) is 5.73 Å². The summed E-state index contributed by atoms with van der Waals surface area (Å²) in [5.41, 5.74) is 7.15. The highest BCUT2D eigenvalue weighted by Crippen LogP contribution is 2.30. The Hall–Kier alpha value is -2.57. The molecular formula is C23H36N4O3. The van der Waals surface area contributed by atoms with Crippen molar-refractivity contribution in [3.8, 4) is 0 Å². The zero-order chi connectivity index (χ0) is 21.9. The number of nitrogens with zero attached hydrogens (tertiary/aromatic N) is 2. The molecule has 0 aliphatic carbocycles. The smallest absolute Gasteiger partial charge is 0.224 e. The Balaban J connectivity index is 1.86. The highest BCUT2D eigenvalue weighted by atomic mass is 16.2. The van der Waals surface area contributed by atoms with Crippen molar-refractivity contribution in [3.63, 3.8) is 0 Å². The monoisotopic (exact) mass is 416 g/mol. The fourth-order valence-electron chi connectivity index (χ4n) is 3.93. The molecule has 1 heterocycles. The molecule has 0 atom stereocenters. The summed E-state index contributed by atoms with van der Waals surface area (Å²) in [5.74, 6) is -0.258. The molecule has 0 bridgehead atoms. The van der Waals surface area contributed by atoms with Gasteiger partial charge in [0.25, 0.3) is 0 Å². The number of amides is 3. The average Bonchev–Trinajstić information content (AvgIpc) is 2.74. The Labute approximate surface area is 180 Å². The van der Waals surface area contributed by atoms with Crippen LogP contribution in [-0.2, 0) is 14.4 Å². The summed E-state index contributed by atoms with van der Waals surface area (Å²) >= 11 is 0. The van der Waals surface area contributed by atoms with Crippen molar-refractivity contribution in [1.29, 1.82) is 0 Å². The molecule has 0 aromatic heterocycles. The molecule has 3 amide bonds. The van der Waals surface area contributed by atoms with Gasteiger partial charge >= 0.3 is 0 Å². The molecule has 2 rings (SSSR count). The second-order valence-electron chi connectivity index (χ2n) is 7.96. The van der Waals surface area contributed by atoms with Crippen molar-refractivity contribution in [2.45, 2.75) is 58.8 Å². The number of nitrogens with two attached hydrogens (primary N) is 1. The lowest BCUT2D eigenvalue weighted by atomic mass is 9.96. The number of hydrogen-bond donors (Lipinski definition) is 2. The number of benzene rings is 1. The maximum Gasteiger partial charge on any atom is 0.224 e. The average molecular weight is 417 g/mol. The number of carbonyl (C=O) groups excluding carboxylic acids is 3. The van der Waals surface area contributed by atoms with E-state index in [0.717, 1.165) is 63.2 Å². The van der Waals surface area contributed by atoms with Crippen molar-refractivity contribution in [3.05, 3.63) is 24.3 Å². The van der Waals surface area contributed by atoms with Crippen molar-refractivity contribution < 1.29 is 14.4 Å². The highest BCUT2D eigenvalue weighted by molar-refractivity contribution is 5.94. The molecule has 1 aromatic carbocycles. The Bertz CT molecular complexity index is 708. The minimum Gasteiger partial charge on any atom is -0.370 e. The van der Waals surface area contributed by atoms with E-state index in [0.29, 0.717) is 19.3 Å². The van der Waals surface area contributed by atoms with Crippen LogP contribution < -0.4 is 16.0 Å². The lowest BCUT2D eigenvalue weighted by Crippen LogP contribution is -2.38. The third kappa shape index (κ3) is 7.04. The Morgan fingerprint density at radius 2 is 1.70 bits per heavy atom. The number of piperidine rings is 1. The molecule has 1 aliphatic rings. The fourth-order valence-corrected chi connectivity index (χ4v) is 3.93. The number of rotatable bonds is 11. The molecule has 1 aromatic rings. The number of nitrogens with one attached hydrogen (secondary N) is 1. The van der Waals surface area contributed by atoms with Crippen LogP contribution in [0, 0.1) is 5.92 Å². The molecule has 1 saturated heterocycles. The van der Waals surface area contributed by atoms with Gasteiger partial charge in [0.05, 0.1) is 11.4 Å². The predicted octanol–water partition coefficient (Wildman–Crippen LogP) is 3.15. The van der Waals surface area contributed by atoms with E-state index >= 15 is 0 Å².